The van der Waals surface area contributed by atoms with Crippen LogP contribution in [0.15, 0.2) is 60.7 Å². The van der Waals surface area contributed by atoms with Crippen LogP contribution < -0.4 is 14.2 Å². The summed E-state index contributed by atoms with van der Waals surface area (Å²) >= 11 is -1.37. The van der Waals surface area contributed by atoms with Crippen molar-refractivity contribution >= 4 is 17.3 Å². The molecule has 2 atom stereocenters. The Kier molecular flexibility index (Phi) is 8.33. The lowest BCUT2D eigenvalue weighted by atomic mass is 9.94. The van der Waals surface area contributed by atoms with Gasteiger partial charge in [-0.25, -0.2) is 0 Å². The zero-order valence-corrected chi connectivity index (χ0v) is 21.2. The van der Waals surface area contributed by atoms with Crippen molar-refractivity contribution in [3.05, 3.63) is 82.9 Å². The highest BCUT2D eigenvalue weighted by Gasteiger charge is 2.36. The van der Waals surface area contributed by atoms with Crippen molar-refractivity contribution in [1.29, 1.82) is 0 Å². The van der Waals surface area contributed by atoms with Gasteiger partial charge in [0, 0.05) is 12.2 Å². The SMILES string of the molecule is CCOCCOc1cc(C)c(-c2cccc(COc3ccc(C4CC(=O)N[S+]4[O-])cc3)c2)c(C)c1. The average Bonchev–Trinajstić information content (AvgIpc) is 3.18. The summed E-state index contributed by atoms with van der Waals surface area (Å²) < 4.78 is 31.7. The molecule has 0 spiro atoms. The van der Waals surface area contributed by atoms with E-state index in [0.29, 0.717) is 26.4 Å². The maximum atomic E-state index is 12.0. The Morgan fingerprint density at radius 1 is 0.971 bits per heavy atom. The first-order chi connectivity index (χ1) is 16.9. The van der Waals surface area contributed by atoms with Crippen molar-refractivity contribution in [2.24, 2.45) is 0 Å². The van der Waals surface area contributed by atoms with Gasteiger partial charge in [-0.2, -0.15) is 4.72 Å². The molecule has 1 saturated heterocycles. The molecular formula is C28H31NO5S. The number of hydrogen-bond acceptors (Lipinski definition) is 5. The van der Waals surface area contributed by atoms with Gasteiger partial charge in [-0.15, -0.1) is 0 Å². The first-order valence-corrected chi connectivity index (χ1v) is 13.0. The molecule has 7 heteroatoms. The number of aryl methyl sites for hydroxylation is 2. The second kappa shape index (κ2) is 11.6. The molecule has 35 heavy (non-hydrogen) atoms. The minimum absolute atomic E-state index is 0.178. The molecule has 1 fully saturated rings. The Bertz CT molecular complexity index is 1140. The van der Waals surface area contributed by atoms with Crippen molar-refractivity contribution in [3.8, 4) is 22.6 Å². The van der Waals surface area contributed by atoms with Crippen LogP contribution >= 0.6 is 0 Å². The highest BCUT2D eigenvalue weighted by atomic mass is 32.2. The van der Waals surface area contributed by atoms with E-state index in [1.54, 1.807) is 0 Å². The second-order valence-corrected chi connectivity index (χ2v) is 9.92. The lowest BCUT2D eigenvalue weighted by molar-refractivity contribution is -0.118. The van der Waals surface area contributed by atoms with Crippen molar-refractivity contribution in [2.45, 2.75) is 39.0 Å². The van der Waals surface area contributed by atoms with Gasteiger partial charge < -0.3 is 18.8 Å². The number of rotatable bonds is 10. The maximum Gasteiger partial charge on any atom is 0.266 e. The Hall–Kier alpha value is -3.00. The van der Waals surface area contributed by atoms with E-state index in [4.69, 9.17) is 14.2 Å². The summed E-state index contributed by atoms with van der Waals surface area (Å²) in [6.45, 7) is 8.41. The van der Waals surface area contributed by atoms with Gasteiger partial charge in [0.25, 0.3) is 5.91 Å². The van der Waals surface area contributed by atoms with E-state index in [9.17, 15) is 9.35 Å². The van der Waals surface area contributed by atoms with Crippen LogP contribution in [-0.2, 0) is 27.5 Å². The van der Waals surface area contributed by atoms with Crippen LogP contribution in [0.25, 0.3) is 11.1 Å². The van der Waals surface area contributed by atoms with Gasteiger partial charge in [0.2, 0.25) is 0 Å². The lowest BCUT2D eigenvalue weighted by Gasteiger charge is -2.15. The smallest absolute Gasteiger partial charge is 0.266 e. The number of benzene rings is 3. The fourth-order valence-corrected chi connectivity index (χ4v) is 5.45. The van der Waals surface area contributed by atoms with Crippen LogP contribution in [0.2, 0.25) is 0 Å². The second-order valence-electron chi connectivity index (χ2n) is 8.55. The summed E-state index contributed by atoms with van der Waals surface area (Å²) in [6, 6.07) is 20.0. The molecule has 1 aliphatic heterocycles. The number of ether oxygens (including phenoxy) is 3. The van der Waals surface area contributed by atoms with E-state index in [0.717, 1.165) is 39.3 Å². The minimum Gasteiger partial charge on any atom is -0.593 e. The monoisotopic (exact) mass is 493 g/mol. The predicted octanol–water partition coefficient (Wildman–Crippen LogP) is 5.19. The van der Waals surface area contributed by atoms with Crippen LogP contribution in [0.4, 0.5) is 0 Å². The number of carbonyl (C=O) groups is 1. The number of hydrogen-bond donors (Lipinski definition) is 1. The number of carbonyl (C=O) groups excluding carboxylic acids is 1. The van der Waals surface area contributed by atoms with Crippen LogP contribution in [-0.4, -0.2) is 30.3 Å². The molecule has 0 aromatic heterocycles. The molecule has 6 nitrogen and oxygen atoms in total. The van der Waals surface area contributed by atoms with Crippen LogP contribution in [0.1, 0.15) is 40.8 Å². The standard InChI is InChI=1S/C28H31NO5S/c1-4-32-12-13-33-25-14-19(2)28(20(3)15-25)23-7-5-6-21(16-23)18-34-24-10-8-22(9-11-24)26-17-27(30)29-35(26)31/h5-11,14-16,26H,4,12-13,17-18H2,1-3H3,(H,29,30). The molecule has 1 aliphatic rings. The first-order valence-electron chi connectivity index (χ1n) is 11.8. The van der Waals surface area contributed by atoms with E-state index < -0.39 is 11.4 Å². The average molecular weight is 494 g/mol. The molecule has 184 valence electrons. The molecule has 1 heterocycles. The largest absolute Gasteiger partial charge is 0.593 e. The molecule has 4 rings (SSSR count). The third kappa shape index (κ3) is 6.36. The quantitative estimate of drug-likeness (QED) is 0.311. The van der Waals surface area contributed by atoms with Crippen LogP contribution in [0.5, 0.6) is 11.5 Å². The Morgan fingerprint density at radius 2 is 1.71 bits per heavy atom. The van der Waals surface area contributed by atoms with Crippen molar-refractivity contribution < 1.29 is 23.6 Å². The molecule has 3 aromatic carbocycles. The first kappa shape index (κ1) is 25.1. The maximum absolute atomic E-state index is 12.0. The summed E-state index contributed by atoms with van der Waals surface area (Å²) in [7, 11) is 0. The molecule has 2 unspecified atom stereocenters. The fraction of sp³-hybridized carbons (Fsp3) is 0.321. The van der Waals surface area contributed by atoms with Gasteiger partial charge in [-0.05, 0) is 78.9 Å². The zero-order chi connectivity index (χ0) is 24.8. The molecule has 0 aliphatic carbocycles. The van der Waals surface area contributed by atoms with Crippen LogP contribution in [0.3, 0.4) is 0 Å². The Labute approximate surface area is 209 Å². The van der Waals surface area contributed by atoms with Gasteiger partial charge in [-0.1, -0.05) is 30.3 Å². The summed E-state index contributed by atoms with van der Waals surface area (Å²) in [4.78, 5) is 11.5. The molecule has 0 radical (unpaired) electrons. The lowest BCUT2D eigenvalue weighted by Crippen LogP contribution is -2.21. The van der Waals surface area contributed by atoms with Crippen molar-refractivity contribution in [2.75, 3.05) is 19.8 Å². The van der Waals surface area contributed by atoms with Crippen LogP contribution in [0, 0.1) is 13.8 Å². The minimum atomic E-state index is -1.37. The van der Waals surface area contributed by atoms with Crippen molar-refractivity contribution in [1.82, 2.24) is 4.72 Å². The van der Waals surface area contributed by atoms with E-state index in [2.05, 4.69) is 42.8 Å². The van der Waals surface area contributed by atoms with E-state index in [-0.39, 0.29) is 17.6 Å². The van der Waals surface area contributed by atoms with Gasteiger partial charge in [0.15, 0.2) is 5.25 Å². The molecule has 1 amide bonds. The number of amides is 1. The van der Waals surface area contributed by atoms with E-state index in [1.165, 1.54) is 5.56 Å². The summed E-state index contributed by atoms with van der Waals surface area (Å²) in [6.07, 6.45) is 0.249. The molecule has 0 bridgehead atoms. The Morgan fingerprint density at radius 3 is 2.37 bits per heavy atom. The van der Waals surface area contributed by atoms with Gasteiger partial charge in [-0.3, -0.25) is 4.79 Å². The van der Waals surface area contributed by atoms with E-state index in [1.807, 2.05) is 43.3 Å². The zero-order valence-electron chi connectivity index (χ0n) is 20.3. The van der Waals surface area contributed by atoms with Gasteiger partial charge in [0.1, 0.15) is 24.7 Å². The predicted molar refractivity (Wildman–Crippen MR) is 138 cm³/mol. The molecule has 1 N–H and O–H groups in total. The molecular weight excluding hydrogens is 462 g/mol. The highest BCUT2D eigenvalue weighted by molar-refractivity contribution is 7.90. The highest BCUT2D eigenvalue weighted by Crippen LogP contribution is 2.33. The third-order valence-corrected chi connectivity index (χ3v) is 7.31. The fourth-order valence-electron chi connectivity index (χ4n) is 4.30. The van der Waals surface area contributed by atoms with E-state index >= 15 is 0 Å². The number of nitrogens with one attached hydrogen (secondary N) is 1. The summed E-state index contributed by atoms with van der Waals surface area (Å²) in [5.74, 6) is 1.40. The Balaban J connectivity index is 1.41. The molecule has 3 aromatic rings. The normalized spacial score (nSPS) is 17.3. The summed E-state index contributed by atoms with van der Waals surface area (Å²) in [5.41, 5.74) is 6.57. The third-order valence-electron chi connectivity index (χ3n) is 5.92. The van der Waals surface area contributed by atoms with Gasteiger partial charge in [0.05, 0.1) is 24.4 Å². The molecule has 0 saturated carbocycles. The summed E-state index contributed by atoms with van der Waals surface area (Å²) in [5, 5.41) is -0.304. The van der Waals surface area contributed by atoms with Crippen molar-refractivity contribution in [3.63, 3.8) is 0 Å². The topological polar surface area (TPSA) is 79.9 Å². The van der Waals surface area contributed by atoms with Gasteiger partial charge >= 0.3 is 0 Å².